The van der Waals surface area contributed by atoms with E-state index in [0.717, 1.165) is 211 Å². The molecule has 0 unspecified atom stereocenters. The summed E-state index contributed by atoms with van der Waals surface area (Å²) >= 11 is 0. The lowest BCUT2D eigenvalue weighted by Crippen LogP contribution is -2.39. The smallest absolute Gasteiger partial charge is 0.260 e. The molecule has 31 nitrogen and oxygen atoms in total. The zero-order chi connectivity index (χ0) is 87.0. The van der Waals surface area contributed by atoms with Crippen LogP contribution in [0.5, 0.6) is 0 Å². The van der Waals surface area contributed by atoms with Crippen molar-refractivity contribution in [3.8, 4) is 0 Å². The first-order valence-corrected chi connectivity index (χ1v) is 43.0. The Morgan fingerprint density at radius 2 is 0.642 bits per heavy atom. The predicted molar refractivity (Wildman–Crippen MR) is 469 cm³/mol. The summed E-state index contributed by atoms with van der Waals surface area (Å²) in [5.74, 6) is -1.17. The lowest BCUT2D eigenvalue weighted by atomic mass is 9.95. The minimum Gasteiger partial charge on any atom is -0.385 e. The Bertz CT molecular complexity index is 4920. The van der Waals surface area contributed by atoms with Crippen LogP contribution in [0.1, 0.15) is 145 Å². The van der Waals surface area contributed by atoms with E-state index in [-0.39, 0.29) is 90.1 Å². The van der Waals surface area contributed by atoms with Crippen LogP contribution in [0.4, 0.5) is 28.4 Å². The number of aliphatic imine (C=N–C) groups is 1. The van der Waals surface area contributed by atoms with Gasteiger partial charge in [0.2, 0.25) is 35.4 Å². The lowest BCUT2D eigenvalue weighted by Gasteiger charge is -2.27. The Kier molecular flexibility index (Phi) is 30.1. The number of carbonyl (C=O) groups is 12. The first-order valence-electron chi connectivity index (χ1n) is 43.0. The summed E-state index contributed by atoms with van der Waals surface area (Å²) in [6, 6.07) is 32.1. The first-order chi connectivity index (χ1) is 59.3. The van der Waals surface area contributed by atoms with E-state index >= 15 is 0 Å². The molecule has 12 aliphatic heterocycles. The normalized spacial score (nSPS) is 18.9. The van der Waals surface area contributed by atoms with E-state index in [1.54, 1.807) is 32.3 Å². The van der Waals surface area contributed by atoms with Crippen molar-refractivity contribution in [3.05, 3.63) is 181 Å². The van der Waals surface area contributed by atoms with Gasteiger partial charge in [-0.2, -0.15) is 0 Å². The number of morpholine rings is 2. The Labute approximate surface area is 718 Å². The average molecular weight is 1680 g/mol. The number of ether oxygens (including phenoxy) is 2. The molecule has 5 N–H and O–H groups in total. The van der Waals surface area contributed by atoms with Crippen LogP contribution >= 0.6 is 0 Å². The van der Waals surface area contributed by atoms with Crippen LogP contribution in [0, 0.1) is 0 Å². The summed E-state index contributed by atoms with van der Waals surface area (Å²) in [4.78, 5) is 166. The number of hydrogen-bond acceptors (Lipinski definition) is 25. The largest absolute Gasteiger partial charge is 0.385 e. The van der Waals surface area contributed by atoms with Gasteiger partial charge in [0.05, 0.1) is 71.5 Å². The number of fused-ring (bicyclic) bond motifs is 7. The number of amidine groups is 1. The summed E-state index contributed by atoms with van der Waals surface area (Å²) in [5.41, 5.74) is 15.9. The van der Waals surface area contributed by atoms with Crippen molar-refractivity contribution in [3.63, 3.8) is 0 Å². The molecule has 0 radical (unpaired) electrons. The molecule has 123 heavy (non-hydrogen) atoms. The van der Waals surface area contributed by atoms with E-state index in [1.807, 2.05) is 92.0 Å². The zero-order valence-corrected chi connectivity index (χ0v) is 71.9. The van der Waals surface area contributed by atoms with Gasteiger partial charge in [0.15, 0.2) is 0 Å². The number of imide groups is 6. The van der Waals surface area contributed by atoms with Crippen molar-refractivity contribution >= 4 is 105 Å². The molecular formula is C92H115N17O14. The van der Waals surface area contributed by atoms with E-state index in [2.05, 4.69) is 56.1 Å². The van der Waals surface area contributed by atoms with Crippen molar-refractivity contribution in [1.29, 1.82) is 0 Å². The number of carbonyl (C=O) groups excluding carboxylic acids is 12. The number of rotatable bonds is 18. The summed E-state index contributed by atoms with van der Waals surface area (Å²) in [5, 5.41) is 16.8. The van der Waals surface area contributed by atoms with E-state index in [4.69, 9.17) is 9.47 Å². The Morgan fingerprint density at radius 3 is 1.01 bits per heavy atom. The van der Waals surface area contributed by atoms with Crippen molar-refractivity contribution in [2.24, 2.45) is 4.99 Å². The molecule has 0 saturated carbocycles. The highest BCUT2D eigenvalue weighted by molar-refractivity contribution is 6.14. The Hall–Kier alpha value is -11.6. The van der Waals surface area contributed by atoms with Crippen molar-refractivity contribution in [2.45, 2.75) is 83.5 Å². The van der Waals surface area contributed by atoms with E-state index in [1.165, 1.54) is 121 Å². The minimum atomic E-state index is -0.223. The molecule has 0 atom stereocenters. The number of benzene rings is 6. The Morgan fingerprint density at radius 1 is 0.325 bits per heavy atom. The maximum Gasteiger partial charge on any atom is 0.260 e. The van der Waals surface area contributed by atoms with Crippen LogP contribution in [-0.2, 0) is 83.2 Å². The van der Waals surface area contributed by atoms with Crippen LogP contribution in [0.15, 0.2) is 108 Å². The molecule has 12 aliphatic rings. The number of likely N-dealkylation sites (tertiary alicyclic amines) is 2. The van der Waals surface area contributed by atoms with Gasteiger partial charge in [0.25, 0.3) is 35.4 Å². The summed E-state index contributed by atoms with van der Waals surface area (Å²) < 4.78 is 10.7. The van der Waals surface area contributed by atoms with Gasteiger partial charge in [-0.25, -0.2) is 0 Å². The maximum absolute atomic E-state index is 12.1. The molecule has 31 heteroatoms. The van der Waals surface area contributed by atoms with Gasteiger partial charge in [-0.1, -0.05) is 12.5 Å². The third kappa shape index (κ3) is 22.3. The number of hydrogen-bond donors (Lipinski definition) is 5. The van der Waals surface area contributed by atoms with Crippen LogP contribution in [-0.4, -0.2) is 331 Å². The van der Waals surface area contributed by atoms with Gasteiger partial charge in [0.1, 0.15) is 5.84 Å². The fourth-order valence-electron chi connectivity index (χ4n) is 16.8. The third-order valence-corrected chi connectivity index (χ3v) is 24.5. The molecular weight excluding hydrogens is 1570 g/mol. The number of nitrogens with zero attached hydrogens (tertiary/aromatic N) is 12. The highest BCUT2D eigenvalue weighted by Gasteiger charge is 2.35. The van der Waals surface area contributed by atoms with Crippen LogP contribution in [0.3, 0.4) is 0 Å². The topological polar surface area (TPSA) is 331 Å². The zero-order valence-electron chi connectivity index (χ0n) is 71.9. The number of anilines is 5. The van der Waals surface area contributed by atoms with Crippen LogP contribution in [0.25, 0.3) is 0 Å². The molecule has 0 aromatic heterocycles. The van der Waals surface area contributed by atoms with Gasteiger partial charge in [-0.3, -0.25) is 102 Å². The highest BCUT2D eigenvalue weighted by Crippen LogP contribution is 2.32. The Balaban J connectivity index is 0.000000127. The number of nitrogens with one attached hydrogen (secondary N) is 5. The predicted octanol–water partition coefficient (Wildman–Crippen LogP) is 5.99. The van der Waals surface area contributed by atoms with Gasteiger partial charge >= 0.3 is 0 Å². The summed E-state index contributed by atoms with van der Waals surface area (Å²) in [6.07, 6.45) is 10.5. The average Bonchev–Trinajstić information content (AvgIpc) is 1.78. The van der Waals surface area contributed by atoms with Gasteiger partial charge in [0, 0.05) is 202 Å². The van der Waals surface area contributed by atoms with Crippen LogP contribution < -0.4 is 26.6 Å². The molecule has 18 rings (SSSR count). The number of amides is 12. The number of piperidine rings is 1. The summed E-state index contributed by atoms with van der Waals surface area (Å²) in [6.45, 7) is 22.1. The number of likely N-dealkylation sites (N-methyl/N-ethyl adjacent to an activating group) is 7. The molecule has 0 bridgehead atoms. The summed E-state index contributed by atoms with van der Waals surface area (Å²) in [7, 11) is 11.2. The van der Waals surface area contributed by atoms with E-state index in [9.17, 15) is 57.5 Å². The molecule has 12 amide bonds. The minimum absolute atomic E-state index is 0.129. The SMILES string of the molecule is CN1C(=O)Cc2cc(NCCCN3CCCCC3)ccc2C1=O.CN1C(=O)Cc2cc(NCCN3CCCC3)ccc2C1=O.CN1C(=O)Cc2cc(NCCN3CCOCC3)ccc2C1=O.CN1C(=O)Cc2cc(NCCN3CCOCC3)ccc2C1=O.CN1C(=O)Cc2cc3c(cc2C1=O)CCN3.CN1CCN=C1c1ccc2c(c1)CC(=O)N(C)C2=O. The molecule has 0 aliphatic carbocycles. The monoisotopic (exact) mass is 1680 g/mol. The lowest BCUT2D eigenvalue weighted by molar-refractivity contribution is -0.128. The highest BCUT2D eigenvalue weighted by atomic mass is 16.5. The quantitative estimate of drug-likeness (QED) is 0.0487. The second kappa shape index (κ2) is 41.5. The van der Waals surface area contributed by atoms with E-state index in [0.29, 0.717) is 52.6 Å². The van der Waals surface area contributed by atoms with Crippen LogP contribution in [0.2, 0.25) is 0 Å². The van der Waals surface area contributed by atoms with Gasteiger partial charge in [-0.15, -0.1) is 0 Å². The van der Waals surface area contributed by atoms with E-state index < -0.39 is 0 Å². The molecule has 4 saturated heterocycles. The molecule has 6 aromatic carbocycles. The fourth-order valence-corrected chi connectivity index (χ4v) is 16.8. The van der Waals surface area contributed by atoms with Crippen molar-refractivity contribution < 1.29 is 67.0 Å². The molecule has 6 aromatic rings. The first kappa shape index (κ1) is 89.2. The van der Waals surface area contributed by atoms with Gasteiger partial charge in [-0.05, 0) is 207 Å². The maximum atomic E-state index is 12.1. The van der Waals surface area contributed by atoms with Crippen molar-refractivity contribution in [2.75, 3.05) is 227 Å². The molecule has 652 valence electrons. The second-order valence-electron chi connectivity index (χ2n) is 32.9. The van der Waals surface area contributed by atoms with Gasteiger partial charge < -0.3 is 50.8 Å². The molecule has 12 heterocycles. The van der Waals surface area contributed by atoms with Crippen molar-refractivity contribution in [1.82, 2.24) is 53.9 Å². The standard InChI is InChI=1S/C18H25N3O2.2C16H21N3O3.C16H21N3O2.C14H15N3O2.C12H12N2O2/c1-20-17(22)13-14-12-15(6-7-16(14)18(20)23)19-8-5-11-21-9-3-2-4-10-21;2*1-18-15(20)11-12-10-13(2-3-14(12)16(18)21)17-4-5-19-6-8-22-9-7-19;1-18-15(20)11-12-10-13(4-5-14(12)16(18)21)17-6-9-19-7-2-3-8-19;1-16-6-5-15-13(16)9-3-4-11-10(7-9)8-12(18)17(2)14(11)19;1-14-11(15)6-8-5-10-7(2-3-13-10)4-9(8)12(14)16/h6-7,12,19H,2-5,8-11,13H2,1H3;2*2-3,10,17H,4-9,11H2,1H3;4-5,10,17H,2-3,6-9,11H2,1H3;3-4,7H,5-6,8H2,1-2H3;4-5,13H,2-3,6H2,1H3. The molecule has 4 fully saturated rings. The fraction of sp³-hybridized carbons (Fsp3) is 0.467. The molecule has 0 spiro atoms. The second-order valence-corrected chi connectivity index (χ2v) is 32.9. The third-order valence-electron chi connectivity index (χ3n) is 24.5.